The lowest BCUT2D eigenvalue weighted by Crippen LogP contribution is -2.51. The lowest BCUT2D eigenvalue weighted by atomic mass is 10.0. The molecule has 1 fully saturated rings. The number of morpholine rings is 1. The molecule has 1 aliphatic rings. The van der Waals surface area contributed by atoms with Crippen LogP contribution in [0.1, 0.15) is 23.4 Å². The maximum Gasteiger partial charge on any atom is 0.246 e. The fourth-order valence-electron chi connectivity index (χ4n) is 2.98. The number of carbonyl (C=O) groups is 1. The third-order valence-corrected chi connectivity index (χ3v) is 4.38. The first-order chi connectivity index (χ1) is 12.0. The molecule has 0 saturated carbocycles. The Hall–Kier alpha value is -2.25. The predicted octanol–water partition coefficient (Wildman–Crippen LogP) is 1.45. The van der Waals surface area contributed by atoms with Crippen molar-refractivity contribution in [3.63, 3.8) is 0 Å². The van der Waals surface area contributed by atoms with E-state index in [2.05, 4.69) is 10.2 Å². The quantitative estimate of drug-likeness (QED) is 0.818. The van der Waals surface area contributed by atoms with Crippen LogP contribution in [0.3, 0.4) is 0 Å². The van der Waals surface area contributed by atoms with Crippen LogP contribution in [0, 0.1) is 6.92 Å². The molecule has 0 unspecified atom stereocenters. The van der Waals surface area contributed by atoms with E-state index in [4.69, 9.17) is 9.15 Å². The van der Waals surface area contributed by atoms with Gasteiger partial charge in [0.25, 0.3) is 0 Å². The van der Waals surface area contributed by atoms with Crippen LogP contribution >= 0.6 is 0 Å². The summed E-state index contributed by atoms with van der Waals surface area (Å²) in [5.41, 5.74) is 1.15. The highest BCUT2D eigenvalue weighted by Gasteiger charge is 2.33. The Morgan fingerprint density at radius 2 is 2.08 bits per heavy atom. The van der Waals surface area contributed by atoms with Gasteiger partial charge in [-0.05, 0) is 26.1 Å². The van der Waals surface area contributed by atoms with Gasteiger partial charge in [0, 0.05) is 13.5 Å². The molecule has 1 amide bonds. The molecule has 134 valence electrons. The SMILES string of the molecule is Cc1nnc([C@@H]2CN(C(=O)[C@@H](Cc3ccccc3)N(C)C)CCO2)o1. The van der Waals surface area contributed by atoms with Crippen molar-refractivity contribution in [3.05, 3.63) is 47.7 Å². The summed E-state index contributed by atoms with van der Waals surface area (Å²) in [6.45, 7) is 3.20. The van der Waals surface area contributed by atoms with Gasteiger partial charge in [0.1, 0.15) is 0 Å². The number of hydrogen-bond donors (Lipinski definition) is 0. The fourth-order valence-corrected chi connectivity index (χ4v) is 2.98. The number of aryl methyl sites for hydroxylation is 1. The van der Waals surface area contributed by atoms with Crippen molar-refractivity contribution in [2.45, 2.75) is 25.5 Å². The van der Waals surface area contributed by atoms with Gasteiger partial charge in [-0.15, -0.1) is 10.2 Å². The van der Waals surface area contributed by atoms with E-state index in [-0.39, 0.29) is 18.1 Å². The molecule has 0 radical (unpaired) electrons. The molecule has 2 aromatic rings. The molecule has 7 nitrogen and oxygen atoms in total. The smallest absolute Gasteiger partial charge is 0.246 e. The van der Waals surface area contributed by atoms with Gasteiger partial charge in [-0.25, -0.2) is 0 Å². The number of carbonyl (C=O) groups excluding carboxylic acids is 1. The minimum absolute atomic E-state index is 0.0957. The summed E-state index contributed by atoms with van der Waals surface area (Å²) >= 11 is 0. The van der Waals surface area contributed by atoms with E-state index in [1.54, 1.807) is 6.92 Å². The standard InChI is InChI=1S/C18H24N4O3/c1-13-19-20-17(25-13)16-12-22(9-10-24-16)18(23)15(21(2)3)11-14-7-5-4-6-8-14/h4-8,15-16H,9-12H2,1-3H3/t15-,16+/m1/s1. The van der Waals surface area contributed by atoms with Gasteiger partial charge in [0.15, 0.2) is 6.10 Å². The highest BCUT2D eigenvalue weighted by molar-refractivity contribution is 5.82. The number of benzene rings is 1. The van der Waals surface area contributed by atoms with Crippen LogP contribution in [-0.4, -0.2) is 65.7 Å². The summed E-state index contributed by atoms with van der Waals surface area (Å²) < 4.78 is 11.2. The summed E-state index contributed by atoms with van der Waals surface area (Å²) in [6.07, 6.45) is 0.312. The van der Waals surface area contributed by atoms with Crippen LogP contribution in [0.15, 0.2) is 34.7 Å². The molecule has 1 aromatic heterocycles. The van der Waals surface area contributed by atoms with Crippen LogP contribution < -0.4 is 0 Å². The van der Waals surface area contributed by atoms with Crippen molar-refractivity contribution in [3.8, 4) is 0 Å². The molecule has 1 aliphatic heterocycles. The number of amides is 1. The van der Waals surface area contributed by atoms with Crippen LogP contribution in [0.4, 0.5) is 0 Å². The average molecular weight is 344 g/mol. The molecule has 0 aliphatic carbocycles. The second-order valence-corrected chi connectivity index (χ2v) is 6.47. The number of rotatable bonds is 5. The van der Waals surface area contributed by atoms with Gasteiger partial charge in [-0.1, -0.05) is 30.3 Å². The number of nitrogens with zero attached hydrogens (tertiary/aromatic N) is 4. The second kappa shape index (κ2) is 7.76. The average Bonchev–Trinajstić information content (AvgIpc) is 3.06. The van der Waals surface area contributed by atoms with Gasteiger partial charge in [0.05, 0.1) is 19.2 Å². The molecule has 0 spiro atoms. The first-order valence-electron chi connectivity index (χ1n) is 8.45. The molecule has 7 heteroatoms. The van der Waals surface area contributed by atoms with Gasteiger partial charge >= 0.3 is 0 Å². The minimum atomic E-state index is -0.363. The Bertz CT molecular complexity index is 701. The van der Waals surface area contributed by atoms with E-state index < -0.39 is 0 Å². The number of likely N-dealkylation sites (N-methyl/N-ethyl adjacent to an activating group) is 1. The molecular weight excluding hydrogens is 320 g/mol. The van der Waals surface area contributed by atoms with E-state index in [1.807, 2.05) is 54.2 Å². The lowest BCUT2D eigenvalue weighted by Gasteiger charge is -2.35. The molecular formula is C18H24N4O3. The highest BCUT2D eigenvalue weighted by Crippen LogP contribution is 2.22. The number of ether oxygens (including phenoxy) is 1. The van der Waals surface area contributed by atoms with Crippen molar-refractivity contribution in [1.29, 1.82) is 0 Å². The summed E-state index contributed by atoms with van der Waals surface area (Å²) in [5, 5.41) is 7.86. The van der Waals surface area contributed by atoms with E-state index in [0.29, 0.717) is 37.9 Å². The Morgan fingerprint density at radius 3 is 2.72 bits per heavy atom. The maximum atomic E-state index is 13.1. The van der Waals surface area contributed by atoms with E-state index in [1.165, 1.54) is 0 Å². The molecule has 0 N–H and O–H groups in total. The zero-order chi connectivity index (χ0) is 17.8. The van der Waals surface area contributed by atoms with E-state index in [0.717, 1.165) is 5.56 Å². The number of aromatic nitrogens is 2. The van der Waals surface area contributed by atoms with Crippen molar-refractivity contribution < 1.29 is 13.9 Å². The molecule has 1 aromatic carbocycles. The van der Waals surface area contributed by atoms with Gasteiger partial charge < -0.3 is 14.1 Å². The normalized spacial score (nSPS) is 19.2. The van der Waals surface area contributed by atoms with Crippen molar-refractivity contribution in [1.82, 2.24) is 20.0 Å². The van der Waals surface area contributed by atoms with Crippen LogP contribution in [0.25, 0.3) is 0 Å². The van der Waals surface area contributed by atoms with Gasteiger partial charge in [-0.3, -0.25) is 9.69 Å². The lowest BCUT2D eigenvalue weighted by molar-refractivity contribution is -0.144. The third kappa shape index (κ3) is 4.24. The third-order valence-electron chi connectivity index (χ3n) is 4.38. The molecule has 2 heterocycles. The molecule has 1 saturated heterocycles. The zero-order valence-electron chi connectivity index (χ0n) is 14.9. The van der Waals surface area contributed by atoms with Crippen LogP contribution in [0.5, 0.6) is 0 Å². The maximum absolute atomic E-state index is 13.1. The summed E-state index contributed by atoms with van der Waals surface area (Å²) in [6, 6.07) is 9.85. The summed E-state index contributed by atoms with van der Waals surface area (Å²) in [5.74, 6) is 1.02. The Balaban J connectivity index is 1.70. The monoisotopic (exact) mass is 344 g/mol. The first kappa shape index (κ1) is 17.6. The van der Waals surface area contributed by atoms with Gasteiger partial charge in [0.2, 0.25) is 17.7 Å². The summed E-state index contributed by atoms with van der Waals surface area (Å²) in [7, 11) is 3.87. The van der Waals surface area contributed by atoms with Crippen LogP contribution in [0.2, 0.25) is 0 Å². The topological polar surface area (TPSA) is 71.7 Å². The predicted molar refractivity (Wildman–Crippen MR) is 91.9 cm³/mol. The fraction of sp³-hybridized carbons (Fsp3) is 0.500. The van der Waals surface area contributed by atoms with Gasteiger partial charge in [-0.2, -0.15) is 0 Å². The Kier molecular flexibility index (Phi) is 5.45. The largest absolute Gasteiger partial charge is 0.423 e. The van der Waals surface area contributed by atoms with E-state index >= 15 is 0 Å². The minimum Gasteiger partial charge on any atom is -0.423 e. The van der Waals surface area contributed by atoms with Crippen molar-refractivity contribution in [2.24, 2.45) is 0 Å². The molecule has 2 atom stereocenters. The Labute approximate surface area is 147 Å². The van der Waals surface area contributed by atoms with E-state index in [9.17, 15) is 4.79 Å². The Morgan fingerprint density at radius 1 is 1.32 bits per heavy atom. The molecule has 25 heavy (non-hydrogen) atoms. The summed E-state index contributed by atoms with van der Waals surface area (Å²) in [4.78, 5) is 16.9. The van der Waals surface area contributed by atoms with Crippen molar-refractivity contribution in [2.75, 3.05) is 33.8 Å². The highest BCUT2D eigenvalue weighted by atomic mass is 16.5. The van der Waals surface area contributed by atoms with Crippen LogP contribution in [-0.2, 0) is 16.0 Å². The number of hydrogen-bond acceptors (Lipinski definition) is 6. The first-order valence-corrected chi connectivity index (χ1v) is 8.45. The van der Waals surface area contributed by atoms with Crippen molar-refractivity contribution >= 4 is 5.91 Å². The molecule has 0 bridgehead atoms. The zero-order valence-corrected chi connectivity index (χ0v) is 14.9. The second-order valence-electron chi connectivity index (χ2n) is 6.47. The molecule has 3 rings (SSSR count).